The molecule has 3 rings (SSSR count). The number of nitrogens with one attached hydrogen (secondary N) is 2. The van der Waals surface area contributed by atoms with Gasteiger partial charge in [0, 0.05) is 12.2 Å². The molecular weight excluding hydrogens is 320 g/mol. The third-order valence-electron chi connectivity index (χ3n) is 3.18. The van der Waals surface area contributed by atoms with Gasteiger partial charge < -0.3 is 20.8 Å². The summed E-state index contributed by atoms with van der Waals surface area (Å²) in [7, 11) is 0. The van der Waals surface area contributed by atoms with Crippen LogP contribution in [0.2, 0.25) is 0 Å². The number of hydrogen-bond acceptors (Lipinski definition) is 7. The van der Waals surface area contributed by atoms with Gasteiger partial charge in [0.2, 0.25) is 11.4 Å². The summed E-state index contributed by atoms with van der Waals surface area (Å²) in [6, 6.07) is 0. The Kier molecular flexibility index (Phi) is 3.85. The first kappa shape index (κ1) is 14.9. The number of hydrogen-bond donors (Lipinski definition) is 2. The predicted molar refractivity (Wildman–Crippen MR) is 88.5 cm³/mol. The fourth-order valence-corrected chi connectivity index (χ4v) is 3.13. The Labute approximate surface area is 135 Å². The van der Waals surface area contributed by atoms with Crippen LogP contribution < -0.4 is 10.9 Å². The van der Waals surface area contributed by atoms with Crippen molar-refractivity contribution >= 4 is 23.2 Å². The molecule has 1 heterocycles. The lowest BCUT2D eigenvalue weighted by molar-refractivity contribution is -0.377. The Morgan fingerprint density at radius 1 is 0.652 bits per heavy atom. The van der Waals surface area contributed by atoms with Crippen molar-refractivity contribution in [3.05, 3.63) is 90.6 Å². The normalized spacial score (nSPS) is 25.6. The Balaban J connectivity index is 2.01. The van der Waals surface area contributed by atoms with Gasteiger partial charge in [-0.25, -0.2) is 0 Å². The van der Waals surface area contributed by atoms with Crippen LogP contribution in [0.15, 0.2) is 69.8 Å². The minimum atomic E-state index is -0.465. The van der Waals surface area contributed by atoms with Crippen LogP contribution in [-0.2, 0) is 0 Å². The lowest BCUT2D eigenvalue weighted by Crippen LogP contribution is -2.25. The van der Waals surface area contributed by atoms with E-state index in [-0.39, 0.29) is 11.4 Å². The van der Waals surface area contributed by atoms with Gasteiger partial charge in [0.25, 0.3) is 0 Å². The number of allylic oxidation sites excluding steroid dienone is 10. The Morgan fingerprint density at radius 2 is 1.04 bits per heavy atom. The lowest BCUT2D eigenvalue weighted by Gasteiger charge is -2.12. The Morgan fingerprint density at radius 3 is 1.43 bits per heavy atom. The second-order valence-electron chi connectivity index (χ2n) is 4.56. The zero-order valence-electron chi connectivity index (χ0n) is 11.6. The van der Waals surface area contributed by atoms with E-state index in [1.54, 1.807) is 36.5 Å². The van der Waals surface area contributed by atoms with Gasteiger partial charge in [-0.15, -0.1) is 0 Å². The smallest absolute Gasteiger partial charge is 0.232 e. The predicted octanol–water partition coefficient (Wildman–Crippen LogP) is 1.40. The first-order valence-electron chi connectivity index (χ1n) is 6.49. The Hall–Kier alpha value is -3.07. The summed E-state index contributed by atoms with van der Waals surface area (Å²) < 4.78 is 0. The second kappa shape index (κ2) is 5.97. The van der Waals surface area contributed by atoms with Crippen LogP contribution in [0.25, 0.3) is 0 Å². The molecule has 9 heteroatoms. The summed E-state index contributed by atoms with van der Waals surface area (Å²) in [4.78, 5) is -0.929. The molecule has 2 N–H and O–H groups in total. The minimum Gasteiger partial charge on any atom is -0.612 e. The van der Waals surface area contributed by atoms with Gasteiger partial charge in [-0.2, -0.15) is 9.80 Å². The average Bonchev–Trinajstić information content (AvgIpc) is 3.04. The fraction of sp³-hybridized carbons (Fsp3) is 0. The molecule has 0 bridgehead atoms. The summed E-state index contributed by atoms with van der Waals surface area (Å²) in [5.74, 6) is 0. The third-order valence-corrected chi connectivity index (χ3v) is 4.24. The van der Waals surface area contributed by atoms with Crippen LogP contribution in [0.3, 0.4) is 0 Å². The highest BCUT2D eigenvalue weighted by atomic mass is 32.2. The molecule has 0 unspecified atom stereocenters. The molecule has 0 aromatic rings. The molecule has 1 fully saturated rings. The number of nitrogens with zero attached hydrogens (tertiary/aromatic N) is 2. The molecule has 0 atom stereocenters. The largest absolute Gasteiger partial charge is 0.612 e. The molecule has 2 aliphatic carbocycles. The van der Waals surface area contributed by atoms with Crippen LogP contribution in [-0.4, -0.2) is 21.2 Å². The van der Waals surface area contributed by atoms with Crippen LogP contribution in [0.1, 0.15) is 0 Å². The molecule has 23 heavy (non-hydrogen) atoms. The van der Waals surface area contributed by atoms with Gasteiger partial charge in [0.15, 0.2) is 0 Å². The minimum absolute atomic E-state index is 0.0342. The molecule has 0 radical (unpaired) electrons. The maximum atomic E-state index is 11.1. The van der Waals surface area contributed by atoms with Crippen molar-refractivity contribution in [2.75, 3.05) is 0 Å². The van der Waals surface area contributed by atoms with Crippen molar-refractivity contribution in [1.29, 1.82) is 0 Å². The molecule has 3 aliphatic rings. The van der Waals surface area contributed by atoms with E-state index < -0.39 is 9.80 Å². The third kappa shape index (κ3) is 2.81. The van der Waals surface area contributed by atoms with Crippen molar-refractivity contribution < 1.29 is 9.80 Å². The van der Waals surface area contributed by atoms with Crippen LogP contribution in [0.5, 0.6) is 0 Å². The highest BCUT2D eigenvalue weighted by molar-refractivity contribution is 8.07. The van der Waals surface area contributed by atoms with Crippen molar-refractivity contribution in [3.63, 3.8) is 0 Å². The lowest BCUT2D eigenvalue weighted by atomic mass is 10.1. The van der Waals surface area contributed by atoms with Crippen LogP contribution >= 0.6 is 11.8 Å². The Bertz CT molecular complexity index is 726. The van der Waals surface area contributed by atoms with E-state index in [0.717, 1.165) is 0 Å². The molecule has 0 spiro atoms. The topological polar surface area (TPSA) is 122 Å². The van der Waals surface area contributed by atoms with Crippen molar-refractivity contribution in [3.8, 4) is 0 Å². The van der Waals surface area contributed by atoms with E-state index >= 15 is 0 Å². The van der Waals surface area contributed by atoms with Gasteiger partial charge >= 0.3 is 0 Å². The van der Waals surface area contributed by atoms with Crippen LogP contribution in [0.4, 0.5) is 0 Å². The van der Waals surface area contributed by atoms with Crippen LogP contribution in [0, 0.1) is 20.8 Å². The molecule has 8 nitrogen and oxygen atoms in total. The van der Waals surface area contributed by atoms with Gasteiger partial charge in [0.05, 0.1) is 11.1 Å². The quantitative estimate of drug-likeness (QED) is 0.508. The highest BCUT2D eigenvalue weighted by Crippen LogP contribution is 2.34. The summed E-state index contributed by atoms with van der Waals surface area (Å²) in [6.45, 7) is 0. The zero-order chi connectivity index (χ0) is 16.4. The molecular formula is C14H10N4O4S-2. The monoisotopic (exact) mass is 330 g/mol. The van der Waals surface area contributed by atoms with E-state index in [0.29, 0.717) is 21.2 Å². The number of hydrazine groups is 1. The highest BCUT2D eigenvalue weighted by Gasteiger charge is 2.26. The summed E-state index contributed by atoms with van der Waals surface area (Å²) >= 11 is 1.18. The SMILES string of the molecule is [O-][N+]([O-])=C1C=CC=CC1=C1NNC(=C2C=CC=CC2=[N+]([O-])[O-])S1. The van der Waals surface area contributed by atoms with Gasteiger partial charge in [0.1, 0.15) is 10.1 Å². The molecule has 118 valence electrons. The maximum Gasteiger partial charge on any atom is 0.232 e. The molecule has 1 aliphatic heterocycles. The maximum absolute atomic E-state index is 11.1. The van der Waals surface area contributed by atoms with E-state index in [2.05, 4.69) is 10.9 Å². The van der Waals surface area contributed by atoms with E-state index in [1.807, 2.05) is 0 Å². The summed E-state index contributed by atoms with van der Waals surface area (Å²) in [5.41, 5.74) is 6.47. The van der Waals surface area contributed by atoms with E-state index in [9.17, 15) is 20.8 Å². The van der Waals surface area contributed by atoms with Gasteiger partial charge in [-0.1, -0.05) is 24.3 Å². The summed E-state index contributed by atoms with van der Waals surface area (Å²) in [6.07, 6.45) is 12.6. The molecule has 0 amide bonds. The second-order valence-corrected chi connectivity index (χ2v) is 5.58. The van der Waals surface area contributed by atoms with Gasteiger partial charge in [-0.3, -0.25) is 10.9 Å². The molecule has 1 saturated heterocycles. The van der Waals surface area contributed by atoms with Gasteiger partial charge in [-0.05, 0) is 23.9 Å². The molecule has 0 aromatic carbocycles. The number of thioether (sulfide) groups is 1. The van der Waals surface area contributed by atoms with E-state index in [4.69, 9.17) is 0 Å². The first-order chi connectivity index (χ1) is 11.1. The molecule has 0 aromatic heterocycles. The standard InChI is InChI=1S/C14H10N4O4S/c19-17(20)11-7-3-1-5-9(11)13-15-16-14(23-13)10-6-2-4-8-12(10)18(21)22/h1-8,15-16H/q-2. The van der Waals surface area contributed by atoms with Crippen molar-refractivity contribution in [2.45, 2.75) is 0 Å². The average molecular weight is 330 g/mol. The summed E-state index contributed by atoms with van der Waals surface area (Å²) in [5, 5.41) is 45.5. The molecule has 0 saturated carbocycles. The fourth-order valence-electron chi connectivity index (χ4n) is 2.16. The van der Waals surface area contributed by atoms with E-state index in [1.165, 1.54) is 23.9 Å². The first-order valence-corrected chi connectivity index (χ1v) is 7.31. The zero-order valence-corrected chi connectivity index (χ0v) is 12.4. The van der Waals surface area contributed by atoms with Crippen molar-refractivity contribution in [2.24, 2.45) is 0 Å². The number of rotatable bonds is 0. The van der Waals surface area contributed by atoms with Crippen molar-refractivity contribution in [1.82, 2.24) is 10.9 Å².